The van der Waals surface area contributed by atoms with Gasteiger partial charge in [0.2, 0.25) is 17.6 Å². The summed E-state index contributed by atoms with van der Waals surface area (Å²) in [5.74, 6) is 1.23. The molecule has 1 atom stereocenters. The third-order valence-electron chi connectivity index (χ3n) is 5.48. The van der Waals surface area contributed by atoms with E-state index < -0.39 is 4.92 Å². The van der Waals surface area contributed by atoms with Crippen LogP contribution in [-0.2, 0) is 11.2 Å². The van der Waals surface area contributed by atoms with Crippen molar-refractivity contribution in [1.29, 1.82) is 0 Å². The van der Waals surface area contributed by atoms with Gasteiger partial charge >= 0.3 is 0 Å². The van der Waals surface area contributed by atoms with Gasteiger partial charge in [0.25, 0.3) is 5.69 Å². The summed E-state index contributed by atoms with van der Waals surface area (Å²) in [6, 6.07) is 6.20. The Balaban J connectivity index is 1.65. The lowest BCUT2D eigenvalue weighted by molar-refractivity contribution is -0.384. The van der Waals surface area contributed by atoms with Crippen molar-refractivity contribution < 1.29 is 14.2 Å². The summed E-state index contributed by atoms with van der Waals surface area (Å²) < 4.78 is 5.33. The number of rotatable bonds is 8. The van der Waals surface area contributed by atoms with E-state index in [-0.39, 0.29) is 23.6 Å². The van der Waals surface area contributed by atoms with Crippen LogP contribution < -0.4 is 0 Å². The average Bonchev–Trinajstić information content (AvgIpc) is 3.40. The number of aromatic nitrogens is 2. The molecular weight excluding hydrogens is 360 g/mol. The highest BCUT2D eigenvalue weighted by molar-refractivity contribution is 5.79. The highest BCUT2D eigenvalue weighted by Gasteiger charge is 2.29. The molecule has 1 aliphatic carbocycles. The van der Waals surface area contributed by atoms with Gasteiger partial charge in [-0.15, -0.1) is 0 Å². The quantitative estimate of drug-likeness (QED) is 0.502. The maximum absolute atomic E-state index is 12.9. The molecule has 1 aromatic carbocycles. The van der Waals surface area contributed by atoms with Gasteiger partial charge in [-0.05, 0) is 38.3 Å². The fraction of sp³-hybridized carbons (Fsp3) is 0.550. The number of nitro groups is 1. The molecule has 0 radical (unpaired) electrons. The first-order chi connectivity index (χ1) is 13.5. The van der Waals surface area contributed by atoms with Gasteiger partial charge in [0, 0.05) is 42.6 Å². The third kappa shape index (κ3) is 4.55. The molecule has 1 aliphatic rings. The van der Waals surface area contributed by atoms with Crippen molar-refractivity contribution in [1.82, 2.24) is 15.0 Å². The zero-order chi connectivity index (χ0) is 20.1. The minimum Gasteiger partial charge on any atom is -0.339 e. The molecule has 0 N–H and O–H groups in total. The largest absolute Gasteiger partial charge is 0.339 e. The van der Waals surface area contributed by atoms with Gasteiger partial charge in [0.1, 0.15) is 0 Å². The summed E-state index contributed by atoms with van der Waals surface area (Å²) in [6.07, 6.45) is 5.62. The van der Waals surface area contributed by atoms with E-state index in [1.165, 1.54) is 12.1 Å². The summed E-state index contributed by atoms with van der Waals surface area (Å²) in [6.45, 7) is 4.70. The van der Waals surface area contributed by atoms with E-state index in [2.05, 4.69) is 24.0 Å². The first-order valence-electron chi connectivity index (χ1n) is 9.87. The Morgan fingerprint density at radius 3 is 2.61 bits per heavy atom. The molecule has 8 nitrogen and oxygen atoms in total. The smallest absolute Gasteiger partial charge is 0.269 e. The van der Waals surface area contributed by atoms with E-state index in [9.17, 15) is 14.9 Å². The summed E-state index contributed by atoms with van der Waals surface area (Å²) >= 11 is 0. The predicted molar refractivity (Wildman–Crippen MR) is 104 cm³/mol. The van der Waals surface area contributed by atoms with Gasteiger partial charge in [-0.3, -0.25) is 14.9 Å². The second-order valence-corrected chi connectivity index (χ2v) is 7.34. The van der Waals surface area contributed by atoms with Crippen LogP contribution in [0.1, 0.15) is 51.8 Å². The molecule has 8 heteroatoms. The van der Waals surface area contributed by atoms with Gasteiger partial charge in [-0.2, -0.15) is 4.98 Å². The number of hydrogen-bond acceptors (Lipinski definition) is 6. The summed E-state index contributed by atoms with van der Waals surface area (Å²) in [5.41, 5.74) is 0.670. The van der Waals surface area contributed by atoms with E-state index in [1.54, 1.807) is 12.1 Å². The van der Waals surface area contributed by atoms with Gasteiger partial charge in [0.05, 0.1) is 4.92 Å². The Morgan fingerprint density at radius 1 is 1.32 bits per heavy atom. The van der Waals surface area contributed by atoms with Gasteiger partial charge < -0.3 is 9.42 Å². The molecule has 150 valence electrons. The molecule has 1 saturated carbocycles. The maximum atomic E-state index is 12.9. The molecule has 3 rings (SSSR count). The van der Waals surface area contributed by atoms with Gasteiger partial charge in [-0.25, -0.2) is 0 Å². The minimum atomic E-state index is -0.448. The van der Waals surface area contributed by atoms with Crippen LogP contribution in [0.25, 0.3) is 11.4 Å². The van der Waals surface area contributed by atoms with E-state index in [0.29, 0.717) is 30.2 Å². The summed E-state index contributed by atoms with van der Waals surface area (Å²) in [4.78, 5) is 29.5. The van der Waals surface area contributed by atoms with Crippen molar-refractivity contribution in [2.75, 3.05) is 6.54 Å². The Morgan fingerprint density at radius 2 is 2.00 bits per heavy atom. The van der Waals surface area contributed by atoms with E-state index >= 15 is 0 Å². The Labute approximate surface area is 164 Å². The van der Waals surface area contributed by atoms with Crippen LogP contribution >= 0.6 is 0 Å². The topological polar surface area (TPSA) is 102 Å². The lowest BCUT2D eigenvalue weighted by Crippen LogP contribution is -2.42. The number of nitro benzene ring substituents is 1. The average molecular weight is 386 g/mol. The monoisotopic (exact) mass is 386 g/mol. The van der Waals surface area contributed by atoms with E-state index in [1.807, 2.05) is 4.90 Å². The fourth-order valence-electron chi connectivity index (χ4n) is 3.60. The fourth-order valence-corrected chi connectivity index (χ4v) is 3.60. The van der Waals surface area contributed by atoms with Crippen LogP contribution in [0.3, 0.4) is 0 Å². The standard InChI is InChI=1S/C20H26N4O4/c1-3-14(2)23(20(25)16-6-4-5-7-16)13-12-18-21-19(22-28-18)15-8-10-17(11-9-15)24(26)27/h8-11,14,16H,3-7,12-13H2,1-2H3/t14-/m1/s1. The third-order valence-corrected chi connectivity index (χ3v) is 5.48. The van der Waals surface area contributed by atoms with Crippen LogP contribution in [0.4, 0.5) is 5.69 Å². The number of amides is 1. The van der Waals surface area contributed by atoms with Crippen molar-refractivity contribution >= 4 is 11.6 Å². The zero-order valence-electron chi connectivity index (χ0n) is 16.3. The van der Waals surface area contributed by atoms with Crippen molar-refractivity contribution in [3.8, 4) is 11.4 Å². The first kappa shape index (κ1) is 20.0. The number of carbonyl (C=O) groups is 1. The zero-order valence-corrected chi connectivity index (χ0v) is 16.3. The number of non-ortho nitro benzene ring substituents is 1. The minimum absolute atomic E-state index is 0.0158. The Kier molecular flexibility index (Phi) is 6.38. The molecule has 2 aromatic rings. The molecule has 0 unspecified atom stereocenters. The number of hydrogen-bond donors (Lipinski definition) is 0. The number of carbonyl (C=O) groups excluding carboxylic acids is 1. The predicted octanol–water partition coefficient (Wildman–Crippen LogP) is 4.00. The molecule has 0 aliphatic heterocycles. The summed E-state index contributed by atoms with van der Waals surface area (Å²) in [7, 11) is 0. The lowest BCUT2D eigenvalue weighted by atomic mass is 10.0. The van der Waals surface area contributed by atoms with Crippen molar-refractivity contribution in [2.45, 2.75) is 58.4 Å². The van der Waals surface area contributed by atoms with Gasteiger partial charge in [0.15, 0.2) is 0 Å². The lowest BCUT2D eigenvalue weighted by Gasteiger charge is -2.30. The Bertz CT molecular complexity index is 812. The molecule has 0 bridgehead atoms. The van der Waals surface area contributed by atoms with Crippen LogP contribution in [0.2, 0.25) is 0 Å². The van der Waals surface area contributed by atoms with Crippen molar-refractivity contribution in [3.63, 3.8) is 0 Å². The van der Waals surface area contributed by atoms with Gasteiger partial charge in [-0.1, -0.05) is 24.9 Å². The van der Waals surface area contributed by atoms with Crippen LogP contribution in [-0.4, -0.2) is 38.5 Å². The molecule has 0 saturated heterocycles. The molecule has 0 spiro atoms. The molecule has 1 fully saturated rings. The van der Waals surface area contributed by atoms with Crippen molar-refractivity contribution in [2.24, 2.45) is 5.92 Å². The van der Waals surface area contributed by atoms with Crippen LogP contribution in [0.15, 0.2) is 28.8 Å². The molecule has 1 heterocycles. The highest BCUT2D eigenvalue weighted by Crippen LogP contribution is 2.28. The first-order valence-corrected chi connectivity index (χ1v) is 9.87. The number of nitrogens with zero attached hydrogens (tertiary/aromatic N) is 4. The van der Waals surface area contributed by atoms with E-state index in [0.717, 1.165) is 32.1 Å². The SMILES string of the molecule is CC[C@@H](C)N(CCc1nc(-c2ccc([N+](=O)[O-])cc2)no1)C(=O)C1CCCC1. The molecule has 28 heavy (non-hydrogen) atoms. The summed E-state index contributed by atoms with van der Waals surface area (Å²) in [5, 5.41) is 14.7. The Hall–Kier alpha value is -2.77. The molecule has 1 aromatic heterocycles. The van der Waals surface area contributed by atoms with Crippen molar-refractivity contribution in [3.05, 3.63) is 40.3 Å². The second kappa shape index (κ2) is 8.95. The van der Waals surface area contributed by atoms with Crippen LogP contribution in [0, 0.1) is 16.0 Å². The second-order valence-electron chi connectivity index (χ2n) is 7.34. The maximum Gasteiger partial charge on any atom is 0.269 e. The molecule has 1 amide bonds. The van der Waals surface area contributed by atoms with Crippen LogP contribution in [0.5, 0.6) is 0 Å². The van der Waals surface area contributed by atoms with E-state index in [4.69, 9.17) is 4.52 Å². The highest BCUT2D eigenvalue weighted by atomic mass is 16.6. The molecular formula is C20H26N4O4. The normalized spacial score (nSPS) is 15.5. The number of benzene rings is 1.